The molecule has 17 heavy (non-hydrogen) atoms. The highest BCUT2D eigenvalue weighted by Gasteiger charge is 2.25. The fourth-order valence-corrected chi connectivity index (χ4v) is 2.07. The summed E-state index contributed by atoms with van der Waals surface area (Å²) in [6.45, 7) is 0.403. The van der Waals surface area contributed by atoms with Crippen molar-refractivity contribution in [2.75, 3.05) is 13.6 Å². The van der Waals surface area contributed by atoms with E-state index in [9.17, 15) is 9.59 Å². The third-order valence-electron chi connectivity index (χ3n) is 3.12. The van der Waals surface area contributed by atoms with Crippen molar-refractivity contribution in [3.05, 3.63) is 0 Å². The van der Waals surface area contributed by atoms with E-state index in [1.165, 1.54) is 0 Å². The van der Waals surface area contributed by atoms with Crippen LogP contribution in [0.4, 0.5) is 0 Å². The molecule has 0 aromatic rings. The number of hydrogen-bond donors (Lipinski definition) is 3. The summed E-state index contributed by atoms with van der Waals surface area (Å²) in [5, 5.41) is 5.25. The second kappa shape index (κ2) is 8.31. The van der Waals surface area contributed by atoms with Crippen LogP contribution in [0, 0.1) is 5.92 Å². The van der Waals surface area contributed by atoms with Gasteiger partial charge in [-0.3, -0.25) is 9.59 Å². The first-order chi connectivity index (χ1) is 7.63. The average Bonchev–Trinajstić information content (AvgIpc) is 2.64. The zero-order valence-corrected chi connectivity index (χ0v) is 11.0. The topological polar surface area (TPSA) is 84.2 Å². The second-order valence-electron chi connectivity index (χ2n) is 4.33. The van der Waals surface area contributed by atoms with Crippen molar-refractivity contribution in [3.8, 4) is 0 Å². The number of nitrogens with one attached hydrogen (secondary N) is 2. The number of carbonyl (C=O) groups is 2. The van der Waals surface area contributed by atoms with Crippen LogP contribution in [0.15, 0.2) is 0 Å². The number of rotatable bonds is 5. The molecular weight excluding hydrogens is 242 g/mol. The average molecular weight is 264 g/mol. The maximum absolute atomic E-state index is 11.5. The third-order valence-corrected chi connectivity index (χ3v) is 3.12. The quantitative estimate of drug-likeness (QED) is 0.662. The molecule has 1 rings (SSSR count). The molecule has 4 N–H and O–H groups in total. The lowest BCUT2D eigenvalue weighted by atomic mass is 10.00. The van der Waals surface area contributed by atoms with E-state index in [0.717, 1.165) is 19.3 Å². The van der Waals surface area contributed by atoms with Crippen molar-refractivity contribution in [2.45, 2.75) is 38.1 Å². The van der Waals surface area contributed by atoms with Crippen molar-refractivity contribution in [1.82, 2.24) is 10.6 Å². The van der Waals surface area contributed by atoms with Gasteiger partial charge in [-0.25, -0.2) is 0 Å². The summed E-state index contributed by atoms with van der Waals surface area (Å²) >= 11 is 0. The molecule has 2 atom stereocenters. The number of amides is 2. The summed E-state index contributed by atoms with van der Waals surface area (Å²) in [7, 11) is 1.59. The lowest BCUT2D eigenvalue weighted by Crippen LogP contribution is -2.33. The minimum atomic E-state index is -0.0575. The van der Waals surface area contributed by atoms with Gasteiger partial charge in [0.25, 0.3) is 0 Å². The van der Waals surface area contributed by atoms with Crippen molar-refractivity contribution < 1.29 is 9.59 Å². The molecule has 1 aliphatic carbocycles. The van der Waals surface area contributed by atoms with Crippen molar-refractivity contribution in [2.24, 2.45) is 11.7 Å². The molecule has 0 aliphatic heterocycles. The molecule has 1 aliphatic rings. The first-order valence-corrected chi connectivity index (χ1v) is 5.86. The molecule has 5 nitrogen and oxygen atoms in total. The predicted molar refractivity (Wildman–Crippen MR) is 68.9 cm³/mol. The van der Waals surface area contributed by atoms with E-state index in [2.05, 4.69) is 10.6 Å². The number of halogens is 1. The molecule has 6 heteroatoms. The van der Waals surface area contributed by atoms with E-state index in [0.29, 0.717) is 25.3 Å². The van der Waals surface area contributed by atoms with E-state index >= 15 is 0 Å². The van der Waals surface area contributed by atoms with Gasteiger partial charge >= 0.3 is 0 Å². The van der Waals surface area contributed by atoms with Crippen LogP contribution >= 0.6 is 12.4 Å². The first-order valence-electron chi connectivity index (χ1n) is 5.86. The van der Waals surface area contributed by atoms with Gasteiger partial charge in [0, 0.05) is 32.5 Å². The molecular formula is C11H22ClN3O2. The standard InChI is InChI=1S/C11H21N3O2.ClH/c1-13-10(15)5-6-14-11(16)7-8-3-2-4-9(8)12;/h8-9H,2-7,12H2,1H3,(H,13,15)(H,14,16);1H/t8-,9+;/m0./s1. The highest BCUT2D eigenvalue weighted by atomic mass is 35.5. The Morgan fingerprint density at radius 1 is 1.29 bits per heavy atom. The monoisotopic (exact) mass is 263 g/mol. The predicted octanol–water partition coefficient (Wildman–Crippen LogP) is 0.178. The molecule has 0 aromatic heterocycles. The van der Waals surface area contributed by atoms with E-state index in [1.54, 1.807) is 7.05 Å². The Kier molecular flexibility index (Phi) is 7.91. The minimum Gasteiger partial charge on any atom is -0.359 e. The van der Waals surface area contributed by atoms with Gasteiger partial charge in [-0.05, 0) is 18.8 Å². The zero-order valence-electron chi connectivity index (χ0n) is 10.2. The first kappa shape index (κ1) is 16.2. The zero-order chi connectivity index (χ0) is 12.0. The normalized spacial score (nSPS) is 22.7. The Labute approximate surface area is 108 Å². The molecule has 100 valence electrons. The van der Waals surface area contributed by atoms with Gasteiger partial charge in [0.1, 0.15) is 0 Å². The van der Waals surface area contributed by atoms with Crippen LogP contribution in [0.1, 0.15) is 32.1 Å². The highest BCUT2D eigenvalue weighted by Crippen LogP contribution is 2.26. The third kappa shape index (κ3) is 5.89. The molecule has 1 saturated carbocycles. The summed E-state index contributed by atoms with van der Waals surface area (Å²) < 4.78 is 0. The van der Waals surface area contributed by atoms with Crippen LogP contribution in [0.25, 0.3) is 0 Å². The lowest BCUT2D eigenvalue weighted by Gasteiger charge is -2.14. The summed E-state index contributed by atoms with van der Waals surface area (Å²) in [6.07, 6.45) is 4.02. The van der Waals surface area contributed by atoms with Crippen LogP contribution in [0.3, 0.4) is 0 Å². The molecule has 0 aromatic carbocycles. The maximum Gasteiger partial charge on any atom is 0.221 e. The molecule has 0 heterocycles. The maximum atomic E-state index is 11.5. The SMILES string of the molecule is CNC(=O)CCNC(=O)C[C@@H]1CCC[C@H]1N.Cl. The number of hydrogen-bond acceptors (Lipinski definition) is 3. The fraction of sp³-hybridized carbons (Fsp3) is 0.818. The molecule has 0 saturated heterocycles. The lowest BCUT2D eigenvalue weighted by molar-refractivity contribution is -0.122. The van der Waals surface area contributed by atoms with Gasteiger partial charge < -0.3 is 16.4 Å². The Bertz CT molecular complexity index is 261. The Morgan fingerprint density at radius 3 is 2.53 bits per heavy atom. The largest absolute Gasteiger partial charge is 0.359 e. The molecule has 0 spiro atoms. The number of carbonyl (C=O) groups excluding carboxylic acids is 2. The van der Waals surface area contributed by atoms with Crippen LogP contribution in [-0.4, -0.2) is 31.4 Å². The summed E-state index contributed by atoms with van der Waals surface area (Å²) in [5.41, 5.74) is 5.88. The van der Waals surface area contributed by atoms with Gasteiger partial charge in [-0.1, -0.05) is 6.42 Å². The van der Waals surface area contributed by atoms with Gasteiger partial charge in [-0.15, -0.1) is 12.4 Å². The smallest absolute Gasteiger partial charge is 0.221 e. The van der Waals surface area contributed by atoms with Crippen LogP contribution < -0.4 is 16.4 Å². The molecule has 0 bridgehead atoms. The van der Waals surface area contributed by atoms with Gasteiger partial charge in [0.05, 0.1) is 0 Å². The Hall–Kier alpha value is -0.810. The summed E-state index contributed by atoms with van der Waals surface area (Å²) in [4.78, 5) is 22.4. The Morgan fingerprint density at radius 2 is 2.00 bits per heavy atom. The summed E-state index contributed by atoms with van der Waals surface area (Å²) in [6, 6.07) is 0.171. The minimum absolute atomic E-state index is 0. The van der Waals surface area contributed by atoms with Crippen molar-refractivity contribution >= 4 is 24.2 Å². The van der Waals surface area contributed by atoms with Crippen molar-refractivity contribution in [3.63, 3.8) is 0 Å². The number of nitrogens with two attached hydrogens (primary N) is 1. The van der Waals surface area contributed by atoms with E-state index < -0.39 is 0 Å². The Balaban J connectivity index is 0.00000256. The second-order valence-corrected chi connectivity index (χ2v) is 4.33. The van der Waals surface area contributed by atoms with E-state index in [-0.39, 0.29) is 30.3 Å². The van der Waals surface area contributed by atoms with Crippen LogP contribution in [0.5, 0.6) is 0 Å². The molecule has 2 amide bonds. The highest BCUT2D eigenvalue weighted by molar-refractivity contribution is 5.85. The summed E-state index contributed by atoms with van der Waals surface area (Å²) in [5.74, 6) is 0.268. The van der Waals surface area contributed by atoms with Crippen LogP contribution in [0.2, 0.25) is 0 Å². The van der Waals surface area contributed by atoms with Gasteiger partial charge in [0.2, 0.25) is 11.8 Å². The van der Waals surface area contributed by atoms with Crippen LogP contribution in [-0.2, 0) is 9.59 Å². The molecule has 0 radical (unpaired) electrons. The van der Waals surface area contributed by atoms with Crippen molar-refractivity contribution in [1.29, 1.82) is 0 Å². The molecule has 0 unspecified atom stereocenters. The van der Waals surface area contributed by atoms with E-state index in [1.807, 2.05) is 0 Å². The fourth-order valence-electron chi connectivity index (χ4n) is 2.07. The molecule has 1 fully saturated rings. The van der Waals surface area contributed by atoms with Gasteiger partial charge in [0.15, 0.2) is 0 Å². The van der Waals surface area contributed by atoms with Gasteiger partial charge in [-0.2, -0.15) is 0 Å². The van der Waals surface area contributed by atoms with E-state index in [4.69, 9.17) is 5.73 Å².